The van der Waals surface area contributed by atoms with E-state index < -0.39 is 10.0 Å². The third-order valence-corrected chi connectivity index (χ3v) is 6.09. The average molecular weight is 361 g/mol. The van der Waals surface area contributed by atoms with Crippen molar-refractivity contribution in [2.75, 3.05) is 26.3 Å². The van der Waals surface area contributed by atoms with Crippen molar-refractivity contribution >= 4 is 21.1 Å². The smallest absolute Gasteiger partial charge is 0.243 e. The molecular weight excluding hydrogens is 345 g/mol. The molecule has 0 saturated carbocycles. The number of sulfonamides is 1. The summed E-state index contributed by atoms with van der Waals surface area (Å²) < 4.78 is 45.1. The molecule has 1 N–H and O–H groups in total. The van der Waals surface area contributed by atoms with Crippen molar-refractivity contribution in [3.8, 4) is 11.4 Å². The highest BCUT2D eigenvalue weighted by molar-refractivity contribution is 7.89. The molecule has 1 aliphatic heterocycles. The third-order valence-electron chi connectivity index (χ3n) is 4.18. The van der Waals surface area contributed by atoms with E-state index in [9.17, 15) is 12.8 Å². The Bertz CT molecular complexity index is 1010. The van der Waals surface area contributed by atoms with E-state index in [1.807, 2.05) is 0 Å². The van der Waals surface area contributed by atoms with E-state index in [1.165, 1.54) is 16.4 Å². The predicted octanol–water partition coefficient (Wildman–Crippen LogP) is 2.39. The fourth-order valence-corrected chi connectivity index (χ4v) is 4.25. The van der Waals surface area contributed by atoms with Crippen LogP contribution in [0, 0.1) is 5.82 Å². The maximum absolute atomic E-state index is 13.3. The van der Waals surface area contributed by atoms with Gasteiger partial charge in [0, 0.05) is 18.7 Å². The quantitative estimate of drug-likeness (QED) is 0.777. The number of benzene rings is 2. The molecule has 1 fully saturated rings. The number of nitrogens with zero attached hydrogens (tertiary/aromatic N) is 2. The second-order valence-electron chi connectivity index (χ2n) is 5.79. The van der Waals surface area contributed by atoms with E-state index in [4.69, 9.17) is 4.74 Å². The summed E-state index contributed by atoms with van der Waals surface area (Å²) in [6, 6.07) is 10.8. The Morgan fingerprint density at radius 2 is 1.80 bits per heavy atom. The van der Waals surface area contributed by atoms with Gasteiger partial charge in [0.25, 0.3) is 0 Å². The molecule has 6 nitrogen and oxygen atoms in total. The van der Waals surface area contributed by atoms with E-state index in [0.717, 1.165) is 5.56 Å². The fraction of sp³-hybridized carbons (Fsp3) is 0.235. The largest absolute Gasteiger partial charge is 0.379 e. The lowest BCUT2D eigenvalue weighted by Gasteiger charge is -2.26. The van der Waals surface area contributed by atoms with Crippen LogP contribution in [0.5, 0.6) is 0 Å². The van der Waals surface area contributed by atoms with Crippen molar-refractivity contribution in [3.63, 3.8) is 0 Å². The molecule has 0 bridgehead atoms. The van der Waals surface area contributed by atoms with Gasteiger partial charge in [0.05, 0.1) is 29.1 Å². The Kier molecular flexibility index (Phi) is 4.03. The van der Waals surface area contributed by atoms with E-state index in [-0.39, 0.29) is 10.7 Å². The molecule has 1 aromatic heterocycles. The van der Waals surface area contributed by atoms with Crippen LogP contribution in [0.3, 0.4) is 0 Å². The Hall–Kier alpha value is -2.29. The molecule has 8 heteroatoms. The maximum atomic E-state index is 13.3. The Labute approximate surface area is 144 Å². The first-order chi connectivity index (χ1) is 12.0. The van der Waals surface area contributed by atoms with Crippen molar-refractivity contribution in [3.05, 3.63) is 48.3 Å². The average Bonchev–Trinajstić information content (AvgIpc) is 3.06. The van der Waals surface area contributed by atoms with Crippen molar-refractivity contribution in [2.24, 2.45) is 0 Å². The first kappa shape index (κ1) is 16.2. The SMILES string of the molecule is O=S(=O)(c1ccc(-c2nc3ccc(F)cc3[nH]2)cc1)N1CCOCC1. The van der Waals surface area contributed by atoms with Crippen molar-refractivity contribution in [1.82, 2.24) is 14.3 Å². The van der Waals surface area contributed by atoms with Crippen LogP contribution in [0.1, 0.15) is 0 Å². The number of hydrogen-bond acceptors (Lipinski definition) is 4. The highest BCUT2D eigenvalue weighted by Crippen LogP contribution is 2.24. The first-order valence-electron chi connectivity index (χ1n) is 7.88. The van der Waals surface area contributed by atoms with Crippen molar-refractivity contribution in [2.45, 2.75) is 4.90 Å². The molecule has 3 aromatic rings. The fourth-order valence-electron chi connectivity index (χ4n) is 2.84. The molecule has 1 aliphatic rings. The number of morpholine rings is 1. The van der Waals surface area contributed by atoms with E-state index in [0.29, 0.717) is 43.2 Å². The number of ether oxygens (including phenoxy) is 1. The maximum Gasteiger partial charge on any atom is 0.243 e. The molecule has 4 rings (SSSR count). The lowest BCUT2D eigenvalue weighted by molar-refractivity contribution is 0.0730. The molecule has 0 aliphatic carbocycles. The highest BCUT2D eigenvalue weighted by atomic mass is 32.2. The second-order valence-corrected chi connectivity index (χ2v) is 7.73. The molecular formula is C17H16FN3O3S. The molecule has 2 heterocycles. The number of nitrogens with one attached hydrogen (secondary N) is 1. The molecule has 0 unspecified atom stereocenters. The van der Waals surface area contributed by atoms with Crippen molar-refractivity contribution < 1.29 is 17.5 Å². The number of H-pyrrole nitrogens is 1. The van der Waals surface area contributed by atoms with Gasteiger partial charge in [-0.3, -0.25) is 0 Å². The van der Waals surface area contributed by atoms with Crippen LogP contribution in [-0.2, 0) is 14.8 Å². The van der Waals surface area contributed by atoms with E-state index in [2.05, 4.69) is 9.97 Å². The van der Waals surface area contributed by atoms with Crippen molar-refractivity contribution in [1.29, 1.82) is 0 Å². The van der Waals surface area contributed by atoms with Crippen LogP contribution in [0.15, 0.2) is 47.4 Å². The summed E-state index contributed by atoms with van der Waals surface area (Å²) in [6.45, 7) is 1.54. The van der Waals surface area contributed by atoms with Gasteiger partial charge in [0.1, 0.15) is 11.6 Å². The summed E-state index contributed by atoms with van der Waals surface area (Å²) in [6.07, 6.45) is 0. The minimum Gasteiger partial charge on any atom is -0.379 e. The minimum atomic E-state index is -3.52. The first-order valence-corrected chi connectivity index (χ1v) is 9.32. The second kappa shape index (κ2) is 6.21. The van der Waals surface area contributed by atoms with E-state index in [1.54, 1.807) is 30.3 Å². The molecule has 25 heavy (non-hydrogen) atoms. The summed E-state index contributed by atoms with van der Waals surface area (Å²) >= 11 is 0. The lowest BCUT2D eigenvalue weighted by atomic mass is 10.2. The van der Waals surface area contributed by atoms with Gasteiger partial charge in [0.2, 0.25) is 10.0 Å². The molecule has 0 amide bonds. The summed E-state index contributed by atoms with van der Waals surface area (Å²) in [7, 11) is -3.52. The molecule has 0 spiro atoms. The van der Waals surface area contributed by atoms with Gasteiger partial charge in [0.15, 0.2) is 0 Å². The number of halogens is 1. The Morgan fingerprint density at radius 1 is 1.08 bits per heavy atom. The summed E-state index contributed by atoms with van der Waals surface area (Å²) in [4.78, 5) is 7.69. The highest BCUT2D eigenvalue weighted by Gasteiger charge is 2.26. The minimum absolute atomic E-state index is 0.236. The van der Waals surface area contributed by atoms with Gasteiger partial charge in [-0.05, 0) is 42.5 Å². The lowest BCUT2D eigenvalue weighted by Crippen LogP contribution is -2.40. The number of aromatic amines is 1. The van der Waals surface area contributed by atoms with Gasteiger partial charge >= 0.3 is 0 Å². The number of aromatic nitrogens is 2. The van der Waals surface area contributed by atoms with Crippen LogP contribution in [0.25, 0.3) is 22.4 Å². The molecule has 0 atom stereocenters. The molecule has 0 radical (unpaired) electrons. The van der Waals surface area contributed by atoms with Crippen LogP contribution >= 0.6 is 0 Å². The third kappa shape index (κ3) is 3.04. The Balaban J connectivity index is 1.64. The zero-order valence-corrected chi connectivity index (χ0v) is 14.1. The zero-order valence-electron chi connectivity index (χ0n) is 13.3. The van der Waals surface area contributed by atoms with Crippen LogP contribution in [0.4, 0.5) is 4.39 Å². The standard InChI is InChI=1S/C17H16FN3O3S/c18-13-3-6-15-16(11-13)20-17(19-15)12-1-4-14(5-2-12)25(22,23)21-7-9-24-10-8-21/h1-6,11H,7-10H2,(H,19,20). The van der Waals surface area contributed by atoms with Gasteiger partial charge < -0.3 is 9.72 Å². The molecule has 2 aromatic carbocycles. The number of hydrogen-bond donors (Lipinski definition) is 1. The van der Waals surface area contributed by atoms with Gasteiger partial charge in [-0.25, -0.2) is 17.8 Å². The van der Waals surface area contributed by atoms with Gasteiger partial charge in [-0.15, -0.1) is 0 Å². The van der Waals surface area contributed by atoms with Crippen LogP contribution in [0.2, 0.25) is 0 Å². The van der Waals surface area contributed by atoms with Gasteiger partial charge in [-0.2, -0.15) is 4.31 Å². The number of imidazole rings is 1. The zero-order chi connectivity index (χ0) is 17.4. The van der Waals surface area contributed by atoms with Gasteiger partial charge in [-0.1, -0.05) is 0 Å². The monoisotopic (exact) mass is 361 g/mol. The topological polar surface area (TPSA) is 75.3 Å². The summed E-state index contributed by atoms with van der Waals surface area (Å²) in [5.41, 5.74) is 1.99. The van der Waals surface area contributed by atoms with E-state index >= 15 is 0 Å². The van der Waals surface area contributed by atoms with Crippen LogP contribution in [-0.4, -0.2) is 49.0 Å². The predicted molar refractivity (Wildman–Crippen MR) is 91.1 cm³/mol. The molecule has 130 valence electrons. The van der Waals surface area contributed by atoms with Crippen LogP contribution < -0.4 is 0 Å². The normalized spacial score (nSPS) is 16.4. The number of fused-ring (bicyclic) bond motifs is 1. The molecule has 1 saturated heterocycles. The number of rotatable bonds is 3. The summed E-state index contributed by atoms with van der Waals surface area (Å²) in [5, 5.41) is 0. The summed E-state index contributed by atoms with van der Waals surface area (Å²) in [5.74, 6) is 0.227. The Morgan fingerprint density at radius 3 is 2.52 bits per heavy atom.